The molecule has 190 valence electrons. The Kier molecular flexibility index (Phi) is 7.63. The molecule has 3 aromatic rings. The van der Waals surface area contributed by atoms with E-state index in [1.165, 1.54) is 11.3 Å². The number of carbonyl (C=O) groups is 1. The monoisotopic (exact) mass is 509 g/mol. The van der Waals surface area contributed by atoms with Crippen LogP contribution < -0.4 is 10.1 Å². The minimum absolute atomic E-state index is 0.109. The fourth-order valence-electron chi connectivity index (χ4n) is 4.32. The Bertz CT molecular complexity index is 1160. The zero-order chi connectivity index (χ0) is 24.9. The average Bonchev–Trinajstić information content (AvgIpc) is 3.37. The molecule has 1 atom stereocenters. The molecule has 12 heteroatoms. The number of carbonyl (C=O) groups excluding carboxylic acids is 1. The van der Waals surface area contributed by atoms with Gasteiger partial charge < -0.3 is 19.9 Å². The molecule has 0 bridgehead atoms. The van der Waals surface area contributed by atoms with Crippen molar-refractivity contribution >= 4 is 28.3 Å². The molecular weight excluding hydrogens is 478 g/mol. The first-order valence-corrected chi connectivity index (χ1v) is 13.1. The molecule has 0 saturated carbocycles. The summed E-state index contributed by atoms with van der Waals surface area (Å²) in [5.74, 6) is 0.649. The van der Waals surface area contributed by atoms with Gasteiger partial charge in [-0.25, -0.2) is 19.9 Å². The number of amides is 1. The fourth-order valence-corrected chi connectivity index (χ4v) is 5.10. The Hall–Kier alpha value is -3.22. The molecule has 3 aromatic heterocycles. The van der Waals surface area contributed by atoms with E-state index in [-0.39, 0.29) is 12.0 Å². The summed E-state index contributed by atoms with van der Waals surface area (Å²) in [4.78, 5) is 41.4. The lowest BCUT2D eigenvalue weighted by Crippen LogP contribution is -2.45. The second-order valence-electron chi connectivity index (χ2n) is 9.06. The summed E-state index contributed by atoms with van der Waals surface area (Å²) >= 11 is 1.46. The van der Waals surface area contributed by atoms with E-state index in [9.17, 15) is 4.79 Å². The Morgan fingerprint density at radius 1 is 1.08 bits per heavy atom. The van der Waals surface area contributed by atoms with Gasteiger partial charge in [-0.15, -0.1) is 0 Å². The normalized spacial score (nSPS) is 19.4. The van der Waals surface area contributed by atoms with Gasteiger partial charge in [0.25, 0.3) is 0 Å². The van der Waals surface area contributed by atoms with E-state index < -0.39 is 0 Å². The number of aromatic nitrogens is 5. The molecule has 0 aromatic carbocycles. The zero-order valence-electron chi connectivity index (χ0n) is 20.6. The largest absolute Gasteiger partial charge is 0.458 e. The molecule has 36 heavy (non-hydrogen) atoms. The summed E-state index contributed by atoms with van der Waals surface area (Å²) in [6.07, 6.45) is 8.22. The number of piperidine rings is 1. The summed E-state index contributed by atoms with van der Waals surface area (Å²) in [7, 11) is 1.78. The highest BCUT2D eigenvalue weighted by atomic mass is 32.1. The molecule has 1 amide bonds. The molecule has 0 aliphatic carbocycles. The van der Waals surface area contributed by atoms with E-state index in [4.69, 9.17) is 4.74 Å². The van der Waals surface area contributed by atoms with E-state index >= 15 is 0 Å². The lowest BCUT2D eigenvalue weighted by Gasteiger charge is -2.33. The topological polar surface area (TPSA) is 112 Å². The molecule has 1 unspecified atom stereocenters. The molecule has 2 fully saturated rings. The minimum Gasteiger partial charge on any atom is -0.458 e. The van der Waals surface area contributed by atoms with Crippen molar-refractivity contribution < 1.29 is 9.53 Å². The third-order valence-electron chi connectivity index (χ3n) is 6.49. The number of hydrogen-bond donors (Lipinski definition) is 1. The van der Waals surface area contributed by atoms with Crippen molar-refractivity contribution in [2.24, 2.45) is 0 Å². The number of nitrogens with one attached hydrogen (secondary N) is 1. The van der Waals surface area contributed by atoms with Crippen LogP contribution in [0.25, 0.3) is 10.6 Å². The number of rotatable bonds is 8. The maximum absolute atomic E-state index is 11.7. The van der Waals surface area contributed by atoms with Gasteiger partial charge in [0.2, 0.25) is 11.9 Å². The standard InChI is InChI=1S/C24H31N9O2S/c1-3-32-8-10-33(11-9-32)15-17-12-26-22(27-13-17)30-24-28-14-20(36-24)19-6-7-25-23(29-19)35-18-4-5-21(34)31(2)16-18/h6-7,12-14,18H,3-5,8-11,15-16H2,1-2H3,(H,26,27,28,30). The predicted molar refractivity (Wildman–Crippen MR) is 137 cm³/mol. The first kappa shape index (κ1) is 24.5. The molecule has 0 radical (unpaired) electrons. The van der Waals surface area contributed by atoms with Crippen molar-refractivity contribution in [3.63, 3.8) is 0 Å². The SMILES string of the molecule is CCN1CCN(Cc2cnc(Nc3ncc(-c4ccnc(OC5CCC(=O)N(C)C5)n4)s3)nc2)CC1. The lowest BCUT2D eigenvalue weighted by atomic mass is 10.1. The van der Waals surface area contributed by atoms with Gasteiger partial charge in [0.1, 0.15) is 6.10 Å². The van der Waals surface area contributed by atoms with Crippen LogP contribution >= 0.6 is 11.3 Å². The summed E-state index contributed by atoms with van der Waals surface area (Å²) in [5, 5.41) is 3.86. The zero-order valence-corrected chi connectivity index (χ0v) is 21.4. The molecule has 2 saturated heterocycles. The minimum atomic E-state index is -0.109. The number of likely N-dealkylation sites (N-methyl/N-ethyl adjacent to an activating group) is 2. The number of hydrogen-bond acceptors (Lipinski definition) is 11. The van der Waals surface area contributed by atoms with E-state index in [2.05, 4.69) is 47.0 Å². The van der Waals surface area contributed by atoms with Gasteiger partial charge in [0, 0.05) is 76.5 Å². The van der Waals surface area contributed by atoms with Crippen molar-refractivity contribution in [3.05, 3.63) is 36.4 Å². The first-order valence-electron chi connectivity index (χ1n) is 12.3. The predicted octanol–water partition coefficient (Wildman–Crippen LogP) is 2.27. The van der Waals surface area contributed by atoms with Crippen LogP contribution in [-0.4, -0.2) is 97.9 Å². The van der Waals surface area contributed by atoms with Gasteiger partial charge >= 0.3 is 6.01 Å². The average molecular weight is 510 g/mol. The van der Waals surface area contributed by atoms with Crippen LogP contribution in [-0.2, 0) is 11.3 Å². The number of nitrogens with zero attached hydrogens (tertiary/aromatic N) is 8. The molecule has 5 rings (SSSR count). The maximum Gasteiger partial charge on any atom is 0.317 e. The van der Waals surface area contributed by atoms with Gasteiger partial charge in [0.05, 0.1) is 17.1 Å². The van der Waals surface area contributed by atoms with Crippen molar-refractivity contribution in [1.29, 1.82) is 0 Å². The van der Waals surface area contributed by atoms with Crippen LogP contribution in [0.4, 0.5) is 11.1 Å². The Balaban J connectivity index is 1.16. The van der Waals surface area contributed by atoms with Gasteiger partial charge in [-0.1, -0.05) is 18.3 Å². The van der Waals surface area contributed by atoms with Gasteiger partial charge in [-0.05, 0) is 19.0 Å². The highest BCUT2D eigenvalue weighted by Gasteiger charge is 2.25. The highest BCUT2D eigenvalue weighted by molar-refractivity contribution is 7.18. The van der Waals surface area contributed by atoms with Gasteiger partial charge in [-0.2, -0.15) is 4.98 Å². The van der Waals surface area contributed by atoms with E-state index in [1.54, 1.807) is 24.3 Å². The number of ether oxygens (including phenoxy) is 1. The second kappa shape index (κ2) is 11.2. The van der Waals surface area contributed by atoms with Crippen molar-refractivity contribution in [1.82, 2.24) is 39.6 Å². The van der Waals surface area contributed by atoms with Crippen LogP contribution in [0.1, 0.15) is 25.3 Å². The molecule has 1 N–H and O–H groups in total. The highest BCUT2D eigenvalue weighted by Crippen LogP contribution is 2.29. The Morgan fingerprint density at radius 3 is 2.61 bits per heavy atom. The van der Waals surface area contributed by atoms with E-state index in [0.29, 0.717) is 36.5 Å². The maximum atomic E-state index is 11.7. The summed E-state index contributed by atoms with van der Waals surface area (Å²) in [6, 6.07) is 2.13. The van der Waals surface area contributed by atoms with Gasteiger partial charge in [-0.3, -0.25) is 9.69 Å². The molecule has 2 aliphatic rings. The summed E-state index contributed by atoms with van der Waals surface area (Å²) in [5.41, 5.74) is 1.83. The number of piperazine rings is 1. The van der Waals surface area contributed by atoms with Crippen molar-refractivity contribution in [3.8, 4) is 16.6 Å². The number of likely N-dealkylation sites (tertiary alicyclic amines) is 1. The second-order valence-corrected chi connectivity index (χ2v) is 10.1. The molecular formula is C24H31N9O2S. The quantitative estimate of drug-likeness (QED) is 0.485. The van der Waals surface area contributed by atoms with Gasteiger partial charge in [0.15, 0.2) is 5.13 Å². The van der Waals surface area contributed by atoms with Crippen LogP contribution in [0.5, 0.6) is 6.01 Å². The smallest absolute Gasteiger partial charge is 0.317 e. The van der Waals surface area contributed by atoms with Crippen LogP contribution in [0.15, 0.2) is 30.9 Å². The Morgan fingerprint density at radius 2 is 1.86 bits per heavy atom. The fraction of sp³-hybridized carbons (Fsp3) is 0.500. The lowest BCUT2D eigenvalue weighted by molar-refractivity contribution is -0.134. The molecule has 0 spiro atoms. The molecule has 5 heterocycles. The molecule has 2 aliphatic heterocycles. The third kappa shape index (κ3) is 6.12. The summed E-state index contributed by atoms with van der Waals surface area (Å²) < 4.78 is 5.94. The number of anilines is 2. The van der Waals surface area contributed by atoms with Crippen LogP contribution in [0, 0.1) is 0 Å². The van der Waals surface area contributed by atoms with E-state index in [0.717, 1.165) is 55.4 Å². The van der Waals surface area contributed by atoms with Crippen LogP contribution in [0.2, 0.25) is 0 Å². The molecule has 11 nitrogen and oxygen atoms in total. The van der Waals surface area contributed by atoms with Crippen molar-refractivity contribution in [2.75, 3.05) is 51.6 Å². The summed E-state index contributed by atoms with van der Waals surface area (Å²) in [6.45, 7) is 9.10. The number of thiazole rings is 1. The van der Waals surface area contributed by atoms with E-state index in [1.807, 2.05) is 18.5 Å². The first-order chi connectivity index (χ1) is 17.6. The van der Waals surface area contributed by atoms with Crippen LogP contribution in [0.3, 0.4) is 0 Å². The Labute approximate surface area is 214 Å². The van der Waals surface area contributed by atoms with Crippen molar-refractivity contribution in [2.45, 2.75) is 32.4 Å². The third-order valence-corrected chi connectivity index (χ3v) is 7.42.